The Labute approximate surface area is 139 Å². The van der Waals surface area contributed by atoms with Crippen molar-refractivity contribution in [1.29, 1.82) is 0 Å². The summed E-state index contributed by atoms with van der Waals surface area (Å²) in [5, 5.41) is 0. The summed E-state index contributed by atoms with van der Waals surface area (Å²) in [6, 6.07) is 7.73. The Morgan fingerprint density at radius 3 is 2.71 bits per heavy atom. The van der Waals surface area contributed by atoms with E-state index in [-0.39, 0.29) is 12.5 Å². The Morgan fingerprint density at radius 1 is 1.33 bits per heavy atom. The third-order valence-electron chi connectivity index (χ3n) is 3.45. The maximum Gasteiger partial charge on any atom is 0.341 e. The SMILES string of the molecule is COC(=O)c1cc(CN(C)C(=O)/C=C/c2ccccc2F)oc1C. The number of methoxy groups -OCH3 is 1. The third-order valence-corrected chi connectivity index (χ3v) is 3.45. The monoisotopic (exact) mass is 331 g/mol. The fourth-order valence-corrected chi connectivity index (χ4v) is 2.14. The van der Waals surface area contributed by atoms with Crippen molar-refractivity contribution < 1.29 is 23.1 Å². The number of hydrogen-bond donors (Lipinski definition) is 0. The molecule has 2 rings (SSSR count). The Kier molecular flexibility index (Phi) is 5.52. The van der Waals surface area contributed by atoms with Crippen LogP contribution in [0.15, 0.2) is 40.8 Å². The highest BCUT2D eigenvalue weighted by Crippen LogP contribution is 2.17. The van der Waals surface area contributed by atoms with E-state index in [0.29, 0.717) is 22.6 Å². The smallest absolute Gasteiger partial charge is 0.341 e. The van der Waals surface area contributed by atoms with Gasteiger partial charge in [0.05, 0.1) is 13.7 Å². The van der Waals surface area contributed by atoms with Crippen molar-refractivity contribution >= 4 is 18.0 Å². The van der Waals surface area contributed by atoms with E-state index in [1.165, 1.54) is 30.2 Å². The molecule has 2 aromatic rings. The molecule has 0 bridgehead atoms. The number of likely N-dealkylation sites (N-methyl/N-ethyl adjacent to an activating group) is 1. The molecule has 0 fully saturated rings. The van der Waals surface area contributed by atoms with Crippen molar-refractivity contribution in [1.82, 2.24) is 4.90 Å². The number of nitrogens with zero attached hydrogens (tertiary/aromatic N) is 1. The summed E-state index contributed by atoms with van der Waals surface area (Å²) in [6.45, 7) is 1.83. The molecular weight excluding hydrogens is 313 g/mol. The standard InChI is InChI=1S/C18H18FNO4/c1-12-15(18(22)23-3)10-14(24-12)11-20(2)17(21)9-8-13-6-4-5-7-16(13)19/h4-10H,11H2,1-3H3/b9-8+. The first-order valence-electron chi connectivity index (χ1n) is 7.27. The number of aryl methyl sites for hydroxylation is 1. The van der Waals surface area contributed by atoms with Crippen LogP contribution in [-0.4, -0.2) is 30.9 Å². The van der Waals surface area contributed by atoms with Crippen LogP contribution in [0.2, 0.25) is 0 Å². The normalized spacial score (nSPS) is 10.8. The predicted octanol–water partition coefficient (Wildman–Crippen LogP) is 3.19. The molecule has 5 nitrogen and oxygen atoms in total. The molecule has 0 N–H and O–H groups in total. The van der Waals surface area contributed by atoms with Gasteiger partial charge in [-0.1, -0.05) is 18.2 Å². The molecule has 0 atom stereocenters. The molecule has 0 radical (unpaired) electrons. The molecule has 0 aliphatic carbocycles. The van der Waals surface area contributed by atoms with E-state index < -0.39 is 11.8 Å². The lowest BCUT2D eigenvalue weighted by atomic mass is 10.2. The van der Waals surface area contributed by atoms with Gasteiger partial charge in [-0.2, -0.15) is 0 Å². The number of carbonyl (C=O) groups is 2. The highest BCUT2D eigenvalue weighted by atomic mass is 19.1. The predicted molar refractivity (Wildman–Crippen MR) is 86.7 cm³/mol. The molecule has 1 heterocycles. The van der Waals surface area contributed by atoms with Gasteiger partial charge in [-0.25, -0.2) is 9.18 Å². The van der Waals surface area contributed by atoms with Crippen LogP contribution in [0.1, 0.15) is 27.4 Å². The Morgan fingerprint density at radius 2 is 2.04 bits per heavy atom. The minimum atomic E-state index is -0.490. The second kappa shape index (κ2) is 7.59. The number of ether oxygens (including phenoxy) is 1. The topological polar surface area (TPSA) is 59.8 Å². The average Bonchev–Trinajstić information content (AvgIpc) is 2.93. The first-order valence-corrected chi connectivity index (χ1v) is 7.27. The van der Waals surface area contributed by atoms with Crippen LogP contribution in [0.5, 0.6) is 0 Å². The van der Waals surface area contributed by atoms with Crippen LogP contribution in [0.25, 0.3) is 6.08 Å². The Bertz CT molecular complexity index is 779. The minimum Gasteiger partial charge on any atom is -0.465 e. The molecule has 24 heavy (non-hydrogen) atoms. The minimum absolute atomic E-state index is 0.179. The number of esters is 1. The summed E-state index contributed by atoms with van der Waals surface area (Å²) in [6.07, 6.45) is 2.71. The van der Waals surface area contributed by atoms with Crippen LogP contribution in [0.4, 0.5) is 4.39 Å². The zero-order valence-corrected chi connectivity index (χ0v) is 13.7. The first kappa shape index (κ1) is 17.5. The third kappa shape index (κ3) is 4.10. The van der Waals surface area contributed by atoms with Crippen LogP contribution in [-0.2, 0) is 16.1 Å². The molecule has 0 saturated heterocycles. The van der Waals surface area contributed by atoms with Crippen LogP contribution in [0.3, 0.4) is 0 Å². The van der Waals surface area contributed by atoms with Crippen molar-refractivity contribution in [3.63, 3.8) is 0 Å². The highest BCUT2D eigenvalue weighted by molar-refractivity contribution is 5.92. The van der Waals surface area contributed by atoms with Crippen molar-refractivity contribution in [3.05, 3.63) is 64.9 Å². The number of carbonyl (C=O) groups excluding carboxylic acids is 2. The van der Waals surface area contributed by atoms with Gasteiger partial charge in [0.25, 0.3) is 0 Å². The molecule has 1 aromatic heterocycles. The second-order valence-electron chi connectivity index (χ2n) is 5.22. The summed E-state index contributed by atoms with van der Waals surface area (Å²) in [4.78, 5) is 25.0. The fraction of sp³-hybridized carbons (Fsp3) is 0.222. The van der Waals surface area contributed by atoms with E-state index in [2.05, 4.69) is 4.74 Å². The van der Waals surface area contributed by atoms with Crippen LogP contribution < -0.4 is 0 Å². The quantitative estimate of drug-likeness (QED) is 0.624. The largest absolute Gasteiger partial charge is 0.465 e. The number of hydrogen-bond acceptors (Lipinski definition) is 4. The second-order valence-corrected chi connectivity index (χ2v) is 5.22. The van der Waals surface area contributed by atoms with Crippen LogP contribution in [0, 0.1) is 12.7 Å². The van der Waals surface area contributed by atoms with Crippen molar-refractivity contribution in [2.24, 2.45) is 0 Å². The maximum absolute atomic E-state index is 13.5. The number of rotatable bonds is 5. The molecule has 6 heteroatoms. The lowest BCUT2D eigenvalue weighted by Gasteiger charge is -2.13. The van der Waals surface area contributed by atoms with Gasteiger partial charge in [0, 0.05) is 18.7 Å². The summed E-state index contributed by atoms with van der Waals surface area (Å²) >= 11 is 0. The summed E-state index contributed by atoms with van der Waals surface area (Å²) in [5.41, 5.74) is 0.663. The molecule has 1 amide bonds. The van der Waals surface area contributed by atoms with E-state index in [1.54, 1.807) is 38.2 Å². The lowest BCUT2D eigenvalue weighted by Crippen LogP contribution is -2.23. The Balaban J connectivity index is 2.04. The van der Waals surface area contributed by atoms with E-state index in [1.807, 2.05) is 0 Å². The maximum atomic E-state index is 13.5. The van der Waals surface area contributed by atoms with Gasteiger partial charge in [0.2, 0.25) is 5.91 Å². The summed E-state index contributed by atoms with van der Waals surface area (Å²) in [7, 11) is 2.88. The molecule has 0 aliphatic heterocycles. The number of amides is 1. The number of benzene rings is 1. The lowest BCUT2D eigenvalue weighted by molar-refractivity contribution is -0.125. The van der Waals surface area contributed by atoms with E-state index in [9.17, 15) is 14.0 Å². The average molecular weight is 331 g/mol. The van der Waals surface area contributed by atoms with Crippen LogP contribution >= 0.6 is 0 Å². The molecule has 126 valence electrons. The van der Waals surface area contributed by atoms with E-state index in [0.717, 1.165) is 0 Å². The molecule has 1 aromatic carbocycles. The van der Waals surface area contributed by atoms with Gasteiger partial charge in [-0.3, -0.25) is 4.79 Å². The zero-order valence-electron chi connectivity index (χ0n) is 13.7. The molecule has 0 unspecified atom stereocenters. The molecular formula is C18H18FNO4. The number of furan rings is 1. The fourth-order valence-electron chi connectivity index (χ4n) is 2.14. The summed E-state index contributed by atoms with van der Waals surface area (Å²) in [5.74, 6) is -0.306. The molecule has 0 spiro atoms. The first-order chi connectivity index (χ1) is 11.4. The number of halogens is 1. The van der Waals surface area contributed by atoms with Gasteiger partial charge in [-0.05, 0) is 25.1 Å². The van der Waals surface area contributed by atoms with Gasteiger partial charge < -0.3 is 14.1 Å². The Hall–Kier alpha value is -2.89. The summed E-state index contributed by atoms with van der Waals surface area (Å²) < 4.78 is 23.6. The van der Waals surface area contributed by atoms with E-state index >= 15 is 0 Å². The van der Waals surface area contributed by atoms with Gasteiger partial charge in [-0.15, -0.1) is 0 Å². The van der Waals surface area contributed by atoms with Crippen molar-refractivity contribution in [2.45, 2.75) is 13.5 Å². The van der Waals surface area contributed by atoms with Gasteiger partial charge >= 0.3 is 5.97 Å². The molecule has 0 saturated carbocycles. The zero-order chi connectivity index (χ0) is 17.7. The van der Waals surface area contributed by atoms with Gasteiger partial charge in [0.15, 0.2) is 0 Å². The van der Waals surface area contributed by atoms with Gasteiger partial charge in [0.1, 0.15) is 22.9 Å². The van der Waals surface area contributed by atoms with Crippen molar-refractivity contribution in [3.8, 4) is 0 Å². The molecule has 0 aliphatic rings. The highest BCUT2D eigenvalue weighted by Gasteiger charge is 2.17. The van der Waals surface area contributed by atoms with Crippen molar-refractivity contribution in [2.75, 3.05) is 14.2 Å². The van der Waals surface area contributed by atoms with E-state index in [4.69, 9.17) is 4.42 Å².